The van der Waals surface area contributed by atoms with E-state index in [1.807, 2.05) is 53.4 Å². The van der Waals surface area contributed by atoms with Crippen LogP contribution < -0.4 is 10.2 Å². The van der Waals surface area contributed by atoms with Crippen LogP contribution in [0, 0.1) is 11.3 Å². The number of nitrogens with zero attached hydrogens (tertiary/aromatic N) is 3. The molecule has 2 amide bonds. The van der Waals surface area contributed by atoms with Crippen LogP contribution in [0.15, 0.2) is 48.5 Å². The van der Waals surface area contributed by atoms with E-state index in [4.69, 9.17) is 16.9 Å². The molecule has 128 valence electrons. The number of nitriles is 1. The summed E-state index contributed by atoms with van der Waals surface area (Å²) in [6, 6.07) is 17.1. The molecule has 25 heavy (non-hydrogen) atoms. The average molecular weight is 355 g/mol. The number of piperazine rings is 1. The molecule has 0 bridgehead atoms. The lowest BCUT2D eigenvalue weighted by Crippen LogP contribution is -2.51. The Hall–Kier alpha value is -2.71. The highest BCUT2D eigenvalue weighted by molar-refractivity contribution is 6.30. The first-order chi connectivity index (χ1) is 12.2. The standard InChI is InChI=1S/C19H19ClN4O/c20-17-5-1-16(2-6-17)14-22-19(25)24-11-9-23(10-12-24)18-7-3-15(13-21)4-8-18/h1-8H,9-12,14H2,(H,22,25). The molecule has 2 aromatic carbocycles. The molecule has 1 aliphatic rings. The maximum absolute atomic E-state index is 12.3. The number of carbonyl (C=O) groups is 1. The molecule has 1 heterocycles. The Morgan fingerprint density at radius 2 is 1.68 bits per heavy atom. The van der Waals surface area contributed by atoms with Gasteiger partial charge in [-0.05, 0) is 42.0 Å². The van der Waals surface area contributed by atoms with Crippen molar-refractivity contribution >= 4 is 23.3 Å². The van der Waals surface area contributed by atoms with Crippen molar-refractivity contribution in [1.29, 1.82) is 5.26 Å². The molecule has 0 spiro atoms. The van der Waals surface area contributed by atoms with Crippen LogP contribution >= 0.6 is 11.6 Å². The lowest BCUT2D eigenvalue weighted by molar-refractivity contribution is 0.194. The van der Waals surface area contributed by atoms with Crippen molar-refractivity contribution in [3.8, 4) is 6.07 Å². The van der Waals surface area contributed by atoms with Gasteiger partial charge in [0, 0.05) is 43.4 Å². The molecule has 5 nitrogen and oxygen atoms in total. The molecule has 6 heteroatoms. The van der Waals surface area contributed by atoms with Gasteiger partial charge in [-0.2, -0.15) is 5.26 Å². The molecule has 1 saturated heterocycles. The molecule has 0 aromatic heterocycles. The van der Waals surface area contributed by atoms with Gasteiger partial charge in [-0.15, -0.1) is 0 Å². The summed E-state index contributed by atoms with van der Waals surface area (Å²) in [7, 11) is 0. The molecular formula is C19H19ClN4O. The minimum absolute atomic E-state index is 0.0468. The Bertz CT molecular complexity index is 760. The van der Waals surface area contributed by atoms with Gasteiger partial charge in [0.1, 0.15) is 0 Å². The summed E-state index contributed by atoms with van der Waals surface area (Å²) in [5.41, 5.74) is 2.76. The van der Waals surface area contributed by atoms with Gasteiger partial charge in [-0.3, -0.25) is 0 Å². The predicted octanol–water partition coefficient (Wildman–Crippen LogP) is 3.24. The van der Waals surface area contributed by atoms with Gasteiger partial charge in [0.15, 0.2) is 0 Å². The van der Waals surface area contributed by atoms with Crippen LogP contribution in [0.1, 0.15) is 11.1 Å². The van der Waals surface area contributed by atoms with E-state index < -0.39 is 0 Å². The van der Waals surface area contributed by atoms with Crippen molar-refractivity contribution in [1.82, 2.24) is 10.2 Å². The molecule has 0 saturated carbocycles. The van der Waals surface area contributed by atoms with E-state index in [2.05, 4.69) is 16.3 Å². The quantitative estimate of drug-likeness (QED) is 0.920. The number of carbonyl (C=O) groups excluding carboxylic acids is 1. The van der Waals surface area contributed by atoms with Crippen molar-refractivity contribution in [3.05, 3.63) is 64.7 Å². The van der Waals surface area contributed by atoms with Crippen LogP contribution in [0.5, 0.6) is 0 Å². The number of rotatable bonds is 3. The summed E-state index contributed by atoms with van der Waals surface area (Å²) in [6.07, 6.45) is 0. The van der Waals surface area contributed by atoms with Gasteiger partial charge in [-0.25, -0.2) is 4.79 Å². The Morgan fingerprint density at radius 3 is 2.28 bits per heavy atom. The first-order valence-corrected chi connectivity index (χ1v) is 8.56. The normalized spacial score (nSPS) is 14.1. The van der Waals surface area contributed by atoms with E-state index in [9.17, 15) is 4.79 Å². The largest absolute Gasteiger partial charge is 0.368 e. The fourth-order valence-corrected chi connectivity index (χ4v) is 2.93. The zero-order valence-electron chi connectivity index (χ0n) is 13.8. The Kier molecular flexibility index (Phi) is 5.42. The van der Waals surface area contributed by atoms with Gasteiger partial charge in [0.05, 0.1) is 11.6 Å². The van der Waals surface area contributed by atoms with E-state index in [1.54, 1.807) is 0 Å². The number of halogens is 1. The van der Waals surface area contributed by atoms with E-state index >= 15 is 0 Å². The maximum atomic E-state index is 12.3. The number of hydrogen-bond acceptors (Lipinski definition) is 3. The van der Waals surface area contributed by atoms with Crippen molar-refractivity contribution in [2.24, 2.45) is 0 Å². The monoisotopic (exact) mass is 354 g/mol. The molecule has 0 aliphatic carbocycles. The van der Waals surface area contributed by atoms with Gasteiger partial charge in [0.2, 0.25) is 0 Å². The van der Waals surface area contributed by atoms with Gasteiger partial charge in [-0.1, -0.05) is 23.7 Å². The fraction of sp³-hybridized carbons (Fsp3) is 0.263. The highest BCUT2D eigenvalue weighted by Crippen LogP contribution is 2.17. The molecule has 1 fully saturated rings. The van der Waals surface area contributed by atoms with Gasteiger partial charge < -0.3 is 15.1 Å². The summed E-state index contributed by atoms with van der Waals surface area (Å²) >= 11 is 5.86. The first-order valence-electron chi connectivity index (χ1n) is 8.18. The molecule has 0 atom stereocenters. The number of hydrogen-bond donors (Lipinski definition) is 1. The predicted molar refractivity (Wildman–Crippen MR) is 98.6 cm³/mol. The average Bonchev–Trinajstić information content (AvgIpc) is 2.67. The van der Waals surface area contributed by atoms with E-state index in [0.717, 1.165) is 24.3 Å². The second-order valence-electron chi connectivity index (χ2n) is 5.92. The highest BCUT2D eigenvalue weighted by atomic mass is 35.5. The van der Waals surface area contributed by atoms with E-state index in [0.29, 0.717) is 30.2 Å². The van der Waals surface area contributed by atoms with Crippen LogP contribution in [0.4, 0.5) is 10.5 Å². The third-order valence-electron chi connectivity index (χ3n) is 4.29. The number of amides is 2. The molecular weight excluding hydrogens is 336 g/mol. The first kappa shape index (κ1) is 17.1. The van der Waals surface area contributed by atoms with Crippen LogP contribution in [-0.2, 0) is 6.54 Å². The van der Waals surface area contributed by atoms with Crippen molar-refractivity contribution in [2.75, 3.05) is 31.1 Å². The third kappa shape index (κ3) is 4.43. The number of nitrogens with one attached hydrogen (secondary N) is 1. The highest BCUT2D eigenvalue weighted by Gasteiger charge is 2.21. The SMILES string of the molecule is N#Cc1ccc(N2CCN(C(=O)NCc3ccc(Cl)cc3)CC2)cc1. The Morgan fingerprint density at radius 1 is 1.04 bits per heavy atom. The third-order valence-corrected chi connectivity index (χ3v) is 4.54. The van der Waals surface area contributed by atoms with E-state index in [-0.39, 0.29) is 6.03 Å². The minimum atomic E-state index is -0.0468. The topological polar surface area (TPSA) is 59.4 Å². The molecule has 3 rings (SSSR count). The summed E-state index contributed by atoms with van der Waals surface area (Å²) in [6.45, 7) is 3.39. The number of urea groups is 1. The summed E-state index contributed by atoms with van der Waals surface area (Å²) < 4.78 is 0. The van der Waals surface area contributed by atoms with Crippen molar-refractivity contribution in [2.45, 2.75) is 6.54 Å². The second kappa shape index (κ2) is 7.91. The smallest absolute Gasteiger partial charge is 0.317 e. The van der Waals surface area contributed by atoms with Crippen LogP contribution in [0.2, 0.25) is 5.02 Å². The molecule has 0 unspecified atom stereocenters. The number of benzene rings is 2. The maximum Gasteiger partial charge on any atom is 0.317 e. The molecule has 0 radical (unpaired) electrons. The summed E-state index contributed by atoms with van der Waals surface area (Å²) in [5.74, 6) is 0. The lowest BCUT2D eigenvalue weighted by Gasteiger charge is -2.36. The zero-order valence-corrected chi connectivity index (χ0v) is 14.5. The Labute approximate surface area is 152 Å². The van der Waals surface area contributed by atoms with Crippen LogP contribution in [-0.4, -0.2) is 37.1 Å². The van der Waals surface area contributed by atoms with Gasteiger partial charge in [0.25, 0.3) is 0 Å². The zero-order chi connectivity index (χ0) is 17.6. The van der Waals surface area contributed by atoms with E-state index in [1.165, 1.54) is 0 Å². The van der Waals surface area contributed by atoms with Crippen molar-refractivity contribution < 1.29 is 4.79 Å². The van der Waals surface area contributed by atoms with Crippen LogP contribution in [0.3, 0.4) is 0 Å². The Balaban J connectivity index is 1.48. The summed E-state index contributed by atoms with van der Waals surface area (Å²) in [4.78, 5) is 16.4. The van der Waals surface area contributed by atoms with Crippen LogP contribution in [0.25, 0.3) is 0 Å². The second-order valence-corrected chi connectivity index (χ2v) is 6.35. The van der Waals surface area contributed by atoms with Crippen molar-refractivity contribution in [3.63, 3.8) is 0 Å². The summed E-state index contributed by atoms with van der Waals surface area (Å²) in [5, 5.41) is 12.5. The minimum Gasteiger partial charge on any atom is -0.368 e. The fourth-order valence-electron chi connectivity index (χ4n) is 2.81. The number of anilines is 1. The lowest BCUT2D eigenvalue weighted by atomic mass is 10.2. The molecule has 1 N–H and O–H groups in total. The molecule has 1 aliphatic heterocycles. The molecule has 2 aromatic rings. The van der Waals surface area contributed by atoms with Gasteiger partial charge >= 0.3 is 6.03 Å².